The summed E-state index contributed by atoms with van der Waals surface area (Å²) in [4.78, 5) is 24.8. The van der Waals surface area contributed by atoms with Gasteiger partial charge in [-0.25, -0.2) is 9.59 Å². The third-order valence-electron chi connectivity index (χ3n) is 4.72. The minimum atomic E-state index is -0.681. The predicted molar refractivity (Wildman–Crippen MR) is 97.3 cm³/mol. The number of amides is 2. The zero-order valence-electron chi connectivity index (χ0n) is 14.7. The van der Waals surface area contributed by atoms with Crippen molar-refractivity contribution in [2.75, 3.05) is 20.0 Å². The maximum Gasteiger partial charge on any atom is 0.338 e. The summed E-state index contributed by atoms with van der Waals surface area (Å²) in [6.45, 7) is 2.69. The summed E-state index contributed by atoms with van der Waals surface area (Å²) in [5, 5.41) is 5.42. The molecule has 0 spiro atoms. The van der Waals surface area contributed by atoms with Crippen molar-refractivity contribution < 1.29 is 28.5 Å². The van der Waals surface area contributed by atoms with Crippen LogP contribution in [-0.2, 0) is 14.3 Å². The van der Waals surface area contributed by atoms with E-state index < -0.39 is 18.0 Å². The summed E-state index contributed by atoms with van der Waals surface area (Å²) in [5.41, 5.74) is 1.47. The summed E-state index contributed by atoms with van der Waals surface area (Å²) in [7, 11) is 0. The van der Waals surface area contributed by atoms with Gasteiger partial charge in [-0.1, -0.05) is 15.9 Å². The number of urea groups is 1. The first-order valence-corrected chi connectivity index (χ1v) is 9.48. The Morgan fingerprint density at radius 2 is 2.11 bits per heavy atom. The van der Waals surface area contributed by atoms with Crippen LogP contribution in [0.4, 0.5) is 4.79 Å². The second kappa shape index (κ2) is 7.40. The Labute approximate surface area is 164 Å². The molecule has 1 fully saturated rings. The van der Waals surface area contributed by atoms with Crippen molar-refractivity contribution in [3.05, 3.63) is 33.4 Å². The number of carbonyl (C=O) groups is 2. The van der Waals surface area contributed by atoms with Crippen LogP contribution in [0.25, 0.3) is 0 Å². The number of halogens is 1. The lowest BCUT2D eigenvalue weighted by molar-refractivity contribution is -0.142. The Hall–Kier alpha value is -2.26. The number of nitrogens with one attached hydrogen (secondary N) is 2. The van der Waals surface area contributed by atoms with Crippen LogP contribution in [0.1, 0.15) is 31.4 Å². The molecular formula is C18H19BrN2O6. The molecule has 1 aromatic carbocycles. The van der Waals surface area contributed by atoms with E-state index in [0.29, 0.717) is 39.4 Å². The highest BCUT2D eigenvalue weighted by atomic mass is 79.9. The molecule has 3 heterocycles. The van der Waals surface area contributed by atoms with Gasteiger partial charge in [-0.05, 0) is 37.5 Å². The summed E-state index contributed by atoms with van der Waals surface area (Å²) >= 11 is 3.49. The fourth-order valence-electron chi connectivity index (χ4n) is 3.37. The fraction of sp³-hybridized carbons (Fsp3) is 0.444. The van der Waals surface area contributed by atoms with Gasteiger partial charge in [0.1, 0.15) is 6.61 Å². The Balaban J connectivity index is 1.62. The number of rotatable bonds is 4. The van der Waals surface area contributed by atoms with Crippen LogP contribution >= 0.6 is 15.9 Å². The Bertz CT molecular complexity index is 818. The van der Waals surface area contributed by atoms with E-state index in [1.807, 2.05) is 0 Å². The topological polar surface area (TPSA) is 95.1 Å². The van der Waals surface area contributed by atoms with E-state index in [9.17, 15) is 9.59 Å². The zero-order valence-corrected chi connectivity index (χ0v) is 16.3. The SMILES string of the molecule is CC1=C(C(=O)OC[C@H]2CCCO2)[C@@H](c2cc3c(cc2Br)OCO3)NC(=O)N1. The second-order valence-corrected chi connectivity index (χ2v) is 7.38. The summed E-state index contributed by atoms with van der Waals surface area (Å²) in [5.74, 6) is 0.671. The number of benzene rings is 1. The smallest absolute Gasteiger partial charge is 0.338 e. The predicted octanol–water partition coefficient (Wildman–Crippen LogP) is 2.53. The van der Waals surface area contributed by atoms with E-state index in [2.05, 4.69) is 26.6 Å². The van der Waals surface area contributed by atoms with E-state index in [4.69, 9.17) is 18.9 Å². The molecule has 0 aliphatic carbocycles. The highest BCUT2D eigenvalue weighted by Crippen LogP contribution is 2.41. The lowest BCUT2D eigenvalue weighted by atomic mass is 9.95. The normalized spacial score (nSPS) is 23.9. The van der Waals surface area contributed by atoms with Gasteiger partial charge in [0.05, 0.1) is 17.7 Å². The molecule has 9 heteroatoms. The monoisotopic (exact) mass is 438 g/mol. The van der Waals surface area contributed by atoms with Crippen LogP contribution in [-0.4, -0.2) is 38.1 Å². The van der Waals surface area contributed by atoms with Gasteiger partial charge in [0, 0.05) is 16.8 Å². The molecule has 2 atom stereocenters. The van der Waals surface area contributed by atoms with Crippen LogP contribution in [0, 0.1) is 0 Å². The molecular weight excluding hydrogens is 420 g/mol. The summed E-state index contributed by atoms with van der Waals surface area (Å²) in [6, 6.07) is 2.44. The van der Waals surface area contributed by atoms with E-state index >= 15 is 0 Å². The second-order valence-electron chi connectivity index (χ2n) is 6.53. The van der Waals surface area contributed by atoms with E-state index in [0.717, 1.165) is 12.8 Å². The third-order valence-corrected chi connectivity index (χ3v) is 5.40. The average Bonchev–Trinajstić information content (AvgIpc) is 3.29. The van der Waals surface area contributed by atoms with Crippen molar-refractivity contribution >= 4 is 27.9 Å². The number of allylic oxidation sites excluding steroid dienone is 1. The maximum atomic E-state index is 12.8. The van der Waals surface area contributed by atoms with Gasteiger partial charge in [-0.2, -0.15) is 0 Å². The first-order chi connectivity index (χ1) is 13.0. The van der Waals surface area contributed by atoms with E-state index in [-0.39, 0.29) is 19.5 Å². The third kappa shape index (κ3) is 3.61. The van der Waals surface area contributed by atoms with Gasteiger partial charge >= 0.3 is 12.0 Å². The van der Waals surface area contributed by atoms with Gasteiger partial charge in [-0.15, -0.1) is 0 Å². The molecule has 4 rings (SSSR count). The molecule has 1 saturated heterocycles. The molecule has 0 radical (unpaired) electrons. The number of ether oxygens (including phenoxy) is 4. The number of esters is 1. The van der Waals surface area contributed by atoms with Crippen molar-refractivity contribution in [2.45, 2.75) is 31.9 Å². The minimum Gasteiger partial charge on any atom is -0.459 e. The Morgan fingerprint density at radius 1 is 1.33 bits per heavy atom. The Kier molecular flexibility index (Phi) is 4.96. The van der Waals surface area contributed by atoms with Crippen molar-refractivity contribution in [1.29, 1.82) is 0 Å². The molecule has 0 bridgehead atoms. The van der Waals surface area contributed by atoms with Gasteiger partial charge in [-0.3, -0.25) is 0 Å². The quantitative estimate of drug-likeness (QED) is 0.701. The lowest BCUT2D eigenvalue weighted by Crippen LogP contribution is -2.45. The molecule has 3 aliphatic heterocycles. The molecule has 3 aliphatic rings. The van der Waals surface area contributed by atoms with Crippen LogP contribution in [0.2, 0.25) is 0 Å². The zero-order chi connectivity index (χ0) is 19.0. The van der Waals surface area contributed by atoms with Gasteiger partial charge in [0.25, 0.3) is 0 Å². The van der Waals surface area contributed by atoms with Crippen LogP contribution < -0.4 is 20.1 Å². The largest absolute Gasteiger partial charge is 0.459 e. The average molecular weight is 439 g/mol. The highest BCUT2D eigenvalue weighted by Gasteiger charge is 2.35. The fourth-order valence-corrected chi connectivity index (χ4v) is 3.93. The van der Waals surface area contributed by atoms with Crippen LogP contribution in [0.15, 0.2) is 27.9 Å². The van der Waals surface area contributed by atoms with Crippen LogP contribution in [0.3, 0.4) is 0 Å². The standard InChI is InChI=1S/C18H19BrN2O6/c1-9-15(17(22)25-7-10-3-2-4-24-10)16(21-18(23)20-9)11-5-13-14(6-12(11)19)27-8-26-13/h5-6,10,16H,2-4,7-8H2,1H3,(H2,20,21,23)/t10-,16-/m1/s1. The molecule has 0 saturated carbocycles. The van der Waals surface area contributed by atoms with E-state index in [1.54, 1.807) is 19.1 Å². The summed E-state index contributed by atoms with van der Waals surface area (Å²) in [6.07, 6.45) is 1.77. The van der Waals surface area contributed by atoms with Crippen molar-refractivity contribution in [2.24, 2.45) is 0 Å². The van der Waals surface area contributed by atoms with Crippen LogP contribution in [0.5, 0.6) is 11.5 Å². The first kappa shape index (κ1) is 18.1. The number of fused-ring (bicyclic) bond motifs is 1. The molecule has 0 aromatic heterocycles. The van der Waals surface area contributed by atoms with E-state index in [1.165, 1.54) is 0 Å². The first-order valence-electron chi connectivity index (χ1n) is 8.69. The minimum absolute atomic E-state index is 0.0725. The lowest BCUT2D eigenvalue weighted by Gasteiger charge is -2.29. The van der Waals surface area contributed by atoms with Crippen molar-refractivity contribution in [3.63, 3.8) is 0 Å². The van der Waals surface area contributed by atoms with Crippen molar-refractivity contribution in [3.8, 4) is 11.5 Å². The molecule has 8 nitrogen and oxygen atoms in total. The number of hydrogen-bond donors (Lipinski definition) is 2. The highest BCUT2D eigenvalue weighted by molar-refractivity contribution is 9.10. The molecule has 2 N–H and O–H groups in total. The van der Waals surface area contributed by atoms with Gasteiger partial charge < -0.3 is 29.6 Å². The molecule has 27 heavy (non-hydrogen) atoms. The van der Waals surface area contributed by atoms with Crippen molar-refractivity contribution in [1.82, 2.24) is 10.6 Å². The van der Waals surface area contributed by atoms with Gasteiger partial charge in [0.2, 0.25) is 6.79 Å². The molecule has 144 valence electrons. The number of hydrogen-bond acceptors (Lipinski definition) is 6. The molecule has 1 aromatic rings. The maximum absolute atomic E-state index is 12.8. The molecule has 0 unspecified atom stereocenters. The number of carbonyl (C=O) groups excluding carboxylic acids is 2. The van der Waals surface area contributed by atoms with Gasteiger partial charge in [0.15, 0.2) is 11.5 Å². The molecule has 2 amide bonds. The summed E-state index contributed by atoms with van der Waals surface area (Å²) < 4.78 is 22.5. The Morgan fingerprint density at radius 3 is 2.85 bits per heavy atom.